The monoisotopic (exact) mass is 434 g/mol. The van der Waals surface area contributed by atoms with Crippen LogP contribution in [0.3, 0.4) is 0 Å². The fourth-order valence-electron chi connectivity index (χ4n) is 3.05. The number of hydrogen-bond donors (Lipinski definition) is 0. The van der Waals surface area contributed by atoms with Gasteiger partial charge in [0.2, 0.25) is 0 Å². The SMILES string of the molecule is CS(=O)c1c(Cl)cc(Br)cc1-c1cccc2sc3ccccc3c12. The van der Waals surface area contributed by atoms with Gasteiger partial charge in [0, 0.05) is 36.5 Å². The van der Waals surface area contributed by atoms with Crippen LogP contribution in [0.15, 0.2) is 64.0 Å². The molecular weight excluding hydrogens is 424 g/mol. The summed E-state index contributed by atoms with van der Waals surface area (Å²) in [5.74, 6) is 0. The smallest absolute Gasteiger partial charge is 0.0650 e. The Labute approximate surface area is 159 Å². The van der Waals surface area contributed by atoms with Crippen molar-refractivity contribution in [2.24, 2.45) is 0 Å². The molecule has 0 saturated heterocycles. The Balaban J connectivity index is 2.17. The normalized spacial score (nSPS) is 12.8. The lowest BCUT2D eigenvalue weighted by atomic mass is 9.99. The molecule has 0 fully saturated rings. The highest BCUT2D eigenvalue weighted by Crippen LogP contribution is 2.43. The first-order valence-electron chi connectivity index (χ1n) is 7.29. The van der Waals surface area contributed by atoms with Crippen molar-refractivity contribution in [1.29, 1.82) is 0 Å². The molecule has 1 aromatic heterocycles. The molecule has 120 valence electrons. The second-order valence-corrected chi connectivity index (χ2v) is 9.22. The van der Waals surface area contributed by atoms with E-state index in [2.05, 4.69) is 52.3 Å². The minimum atomic E-state index is -1.17. The molecule has 5 heteroatoms. The maximum Gasteiger partial charge on any atom is 0.0650 e. The highest BCUT2D eigenvalue weighted by Gasteiger charge is 2.18. The van der Waals surface area contributed by atoms with Crippen molar-refractivity contribution >= 4 is 69.8 Å². The molecule has 0 radical (unpaired) electrons. The van der Waals surface area contributed by atoms with Crippen LogP contribution in [0.5, 0.6) is 0 Å². The zero-order chi connectivity index (χ0) is 16.8. The lowest BCUT2D eigenvalue weighted by Crippen LogP contribution is -1.94. The Kier molecular flexibility index (Phi) is 4.25. The van der Waals surface area contributed by atoms with Crippen molar-refractivity contribution in [1.82, 2.24) is 0 Å². The lowest BCUT2D eigenvalue weighted by Gasteiger charge is -2.12. The van der Waals surface area contributed by atoms with E-state index >= 15 is 0 Å². The fraction of sp³-hybridized carbons (Fsp3) is 0.0526. The highest BCUT2D eigenvalue weighted by molar-refractivity contribution is 9.10. The van der Waals surface area contributed by atoms with E-state index < -0.39 is 10.8 Å². The summed E-state index contributed by atoms with van der Waals surface area (Å²) in [6, 6.07) is 18.4. The average molecular weight is 436 g/mol. The van der Waals surface area contributed by atoms with Gasteiger partial charge in [0.25, 0.3) is 0 Å². The van der Waals surface area contributed by atoms with Gasteiger partial charge in [-0.25, -0.2) is 0 Å². The lowest BCUT2D eigenvalue weighted by molar-refractivity contribution is 0.687. The summed E-state index contributed by atoms with van der Waals surface area (Å²) in [6.45, 7) is 0. The number of hydrogen-bond acceptors (Lipinski definition) is 2. The van der Waals surface area contributed by atoms with Crippen LogP contribution >= 0.6 is 38.9 Å². The standard InChI is InChI=1S/C19H12BrClOS2/c1-24(22)19-14(9-11(20)10-15(19)21)12-6-4-8-17-18(12)13-5-2-3-7-16(13)23-17/h2-10H,1H3. The third kappa shape index (κ3) is 2.62. The van der Waals surface area contributed by atoms with Gasteiger partial charge in [-0.2, -0.15) is 0 Å². The van der Waals surface area contributed by atoms with Gasteiger partial charge in [-0.3, -0.25) is 4.21 Å². The van der Waals surface area contributed by atoms with Crippen LogP contribution in [-0.4, -0.2) is 10.5 Å². The number of benzene rings is 3. The van der Waals surface area contributed by atoms with E-state index in [0.29, 0.717) is 9.92 Å². The summed E-state index contributed by atoms with van der Waals surface area (Å²) in [5, 5.41) is 2.94. The predicted octanol–water partition coefficient (Wildman–Crippen LogP) is 6.87. The summed E-state index contributed by atoms with van der Waals surface area (Å²) in [5.41, 5.74) is 1.99. The van der Waals surface area contributed by atoms with Crippen LogP contribution < -0.4 is 0 Å². The third-order valence-corrected chi connectivity index (χ3v) is 7.01. The first-order valence-corrected chi connectivity index (χ1v) is 10.8. The Hall–Kier alpha value is -1.20. The number of fused-ring (bicyclic) bond motifs is 3. The number of halogens is 2. The van der Waals surface area contributed by atoms with E-state index in [-0.39, 0.29) is 0 Å². The Morgan fingerprint density at radius 2 is 1.75 bits per heavy atom. The van der Waals surface area contributed by atoms with Crippen molar-refractivity contribution < 1.29 is 4.21 Å². The predicted molar refractivity (Wildman–Crippen MR) is 110 cm³/mol. The fourth-order valence-corrected chi connectivity index (χ4v) is 6.13. The summed E-state index contributed by atoms with van der Waals surface area (Å²) >= 11 is 11.7. The van der Waals surface area contributed by atoms with E-state index in [1.807, 2.05) is 12.1 Å². The van der Waals surface area contributed by atoms with Gasteiger partial charge >= 0.3 is 0 Å². The van der Waals surface area contributed by atoms with Gasteiger partial charge in [0.05, 0.1) is 20.7 Å². The summed E-state index contributed by atoms with van der Waals surface area (Å²) in [7, 11) is -1.17. The van der Waals surface area contributed by atoms with Gasteiger partial charge in [-0.05, 0) is 29.8 Å². The molecule has 4 rings (SSSR count). The highest BCUT2D eigenvalue weighted by atomic mass is 79.9. The second kappa shape index (κ2) is 6.26. The third-order valence-electron chi connectivity index (χ3n) is 3.99. The van der Waals surface area contributed by atoms with Gasteiger partial charge in [0.15, 0.2) is 0 Å². The number of rotatable bonds is 2. The molecule has 0 aliphatic rings. The molecule has 3 aromatic carbocycles. The van der Waals surface area contributed by atoms with Crippen molar-refractivity contribution in [2.75, 3.05) is 6.26 Å². The van der Waals surface area contributed by atoms with Gasteiger partial charge in [0.1, 0.15) is 0 Å². The molecule has 0 saturated carbocycles. The topological polar surface area (TPSA) is 17.1 Å². The molecule has 24 heavy (non-hydrogen) atoms. The van der Waals surface area contributed by atoms with E-state index in [1.165, 1.54) is 20.2 Å². The zero-order valence-electron chi connectivity index (χ0n) is 12.7. The first kappa shape index (κ1) is 16.3. The van der Waals surface area contributed by atoms with E-state index in [4.69, 9.17) is 11.6 Å². The first-order chi connectivity index (χ1) is 11.6. The van der Waals surface area contributed by atoms with Gasteiger partial charge in [-0.1, -0.05) is 57.9 Å². The Bertz CT molecular complexity index is 1120. The van der Waals surface area contributed by atoms with Crippen LogP contribution in [0.2, 0.25) is 5.02 Å². The molecule has 0 N–H and O–H groups in total. The molecule has 0 aliphatic carbocycles. The van der Waals surface area contributed by atoms with Gasteiger partial charge < -0.3 is 0 Å². The second-order valence-electron chi connectivity index (χ2n) is 5.50. The summed E-state index contributed by atoms with van der Waals surface area (Å²) in [4.78, 5) is 0.683. The van der Waals surface area contributed by atoms with Crippen LogP contribution in [0.4, 0.5) is 0 Å². The summed E-state index contributed by atoms with van der Waals surface area (Å²) < 4.78 is 15.7. The average Bonchev–Trinajstić information content (AvgIpc) is 2.92. The van der Waals surface area contributed by atoms with E-state index in [1.54, 1.807) is 23.7 Å². The van der Waals surface area contributed by atoms with Crippen molar-refractivity contribution in [3.05, 3.63) is 64.1 Å². The van der Waals surface area contributed by atoms with Crippen LogP contribution in [0.25, 0.3) is 31.3 Å². The quantitative estimate of drug-likeness (QED) is 0.335. The molecule has 1 atom stereocenters. The molecule has 0 amide bonds. The molecule has 4 aromatic rings. The molecule has 1 heterocycles. The molecule has 1 unspecified atom stereocenters. The van der Waals surface area contributed by atoms with E-state index in [9.17, 15) is 4.21 Å². The maximum absolute atomic E-state index is 12.3. The van der Waals surface area contributed by atoms with Gasteiger partial charge in [-0.15, -0.1) is 11.3 Å². The van der Waals surface area contributed by atoms with Crippen molar-refractivity contribution in [3.63, 3.8) is 0 Å². The molecule has 0 spiro atoms. The van der Waals surface area contributed by atoms with Crippen LogP contribution in [-0.2, 0) is 10.8 Å². The maximum atomic E-state index is 12.3. The van der Waals surface area contributed by atoms with Crippen LogP contribution in [0.1, 0.15) is 0 Å². The minimum absolute atomic E-state index is 0.525. The minimum Gasteiger partial charge on any atom is -0.255 e. The molecule has 0 bridgehead atoms. The Morgan fingerprint density at radius 3 is 2.54 bits per heavy atom. The molecule has 0 aliphatic heterocycles. The molecular formula is C19H12BrClOS2. The Morgan fingerprint density at radius 1 is 1.00 bits per heavy atom. The van der Waals surface area contributed by atoms with E-state index in [0.717, 1.165) is 15.6 Å². The summed E-state index contributed by atoms with van der Waals surface area (Å²) in [6.07, 6.45) is 1.67. The number of thiophene rings is 1. The van der Waals surface area contributed by atoms with Crippen molar-refractivity contribution in [3.8, 4) is 11.1 Å². The molecule has 1 nitrogen and oxygen atoms in total. The largest absolute Gasteiger partial charge is 0.255 e. The van der Waals surface area contributed by atoms with Crippen LogP contribution in [0, 0.1) is 0 Å². The van der Waals surface area contributed by atoms with Crippen molar-refractivity contribution in [2.45, 2.75) is 4.90 Å². The zero-order valence-corrected chi connectivity index (χ0v) is 16.7.